The number of carbonyl (C=O) groups excluding carboxylic acids is 2. The first kappa shape index (κ1) is 21.9. The van der Waals surface area contributed by atoms with Crippen LogP contribution in [-0.4, -0.2) is 34.7 Å². The second kappa shape index (κ2) is 9.80. The molecule has 160 valence electrons. The van der Waals surface area contributed by atoms with Gasteiger partial charge in [0.15, 0.2) is 0 Å². The van der Waals surface area contributed by atoms with Gasteiger partial charge in [-0.2, -0.15) is 5.10 Å². The van der Waals surface area contributed by atoms with Crippen LogP contribution in [0, 0.1) is 12.8 Å². The highest BCUT2D eigenvalue weighted by Gasteiger charge is 2.15. The molecule has 30 heavy (non-hydrogen) atoms. The van der Waals surface area contributed by atoms with Crippen molar-refractivity contribution in [1.82, 2.24) is 15.1 Å². The van der Waals surface area contributed by atoms with E-state index in [0.29, 0.717) is 37.1 Å². The van der Waals surface area contributed by atoms with Gasteiger partial charge in [0, 0.05) is 30.3 Å². The molecule has 3 rings (SSSR count). The first-order chi connectivity index (χ1) is 14.3. The van der Waals surface area contributed by atoms with Crippen LogP contribution in [0.3, 0.4) is 0 Å². The van der Waals surface area contributed by atoms with Gasteiger partial charge in [-0.25, -0.2) is 0 Å². The average Bonchev–Trinajstić information content (AvgIpc) is 2.95. The van der Waals surface area contributed by atoms with Gasteiger partial charge in [0.25, 0.3) is 0 Å². The minimum Gasteiger partial charge on any atom is -0.492 e. The van der Waals surface area contributed by atoms with Crippen LogP contribution in [0.25, 0.3) is 6.08 Å². The predicted octanol–water partition coefficient (Wildman–Crippen LogP) is 3.59. The third-order valence-electron chi connectivity index (χ3n) is 4.69. The number of fused-ring (bicyclic) bond motifs is 1. The Hall–Kier alpha value is -2.80. The van der Waals surface area contributed by atoms with Crippen molar-refractivity contribution >= 4 is 35.2 Å². The zero-order valence-corrected chi connectivity index (χ0v) is 18.3. The third kappa shape index (κ3) is 5.63. The molecule has 1 aliphatic heterocycles. The van der Waals surface area contributed by atoms with Crippen LogP contribution in [0.15, 0.2) is 24.3 Å². The molecule has 8 heteroatoms. The number of hydrogen-bond donors (Lipinski definition) is 2. The van der Waals surface area contributed by atoms with E-state index in [1.165, 1.54) is 6.08 Å². The minimum atomic E-state index is -0.223. The number of aryl methyl sites for hydroxylation is 2. The zero-order valence-electron chi connectivity index (χ0n) is 17.5. The van der Waals surface area contributed by atoms with Gasteiger partial charge in [-0.3, -0.25) is 14.3 Å². The predicted molar refractivity (Wildman–Crippen MR) is 118 cm³/mol. The number of benzene rings is 1. The number of ether oxygens (including phenoxy) is 1. The summed E-state index contributed by atoms with van der Waals surface area (Å²) in [5.41, 5.74) is 3.44. The fraction of sp³-hybridized carbons (Fsp3) is 0.409. The second-order valence-electron chi connectivity index (χ2n) is 7.71. The quantitative estimate of drug-likeness (QED) is 0.495. The van der Waals surface area contributed by atoms with Crippen molar-refractivity contribution in [1.29, 1.82) is 0 Å². The molecule has 0 unspecified atom stereocenters. The van der Waals surface area contributed by atoms with E-state index >= 15 is 0 Å². The first-order valence-corrected chi connectivity index (χ1v) is 10.5. The molecule has 2 aromatic rings. The van der Waals surface area contributed by atoms with Crippen molar-refractivity contribution < 1.29 is 14.3 Å². The summed E-state index contributed by atoms with van der Waals surface area (Å²) >= 11 is 6.38. The third-order valence-corrected chi connectivity index (χ3v) is 5.09. The summed E-state index contributed by atoms with van der Waals surface area (Å²) in [6.07, 6.45) is 4.33. The van der Waals surface area contributed by atoms with Gasteiger partial charge in [0.2, 0.25) is 11.8 Å². The lowest BCUT2D eigenvalue weighted by Gasteiger charge is -2.17. The molecule has 0 spiro atoms. The van der Waals surface area contributed by atoms with Gasteiger partial charge >= 0.3 is 0 Å². The number of rotatable bonds is 8. The van der Waals surface area contributed by atoms with E-state index in [-0.39, 0.29) is 11.8 Å². The number of nitrogens with zero attached hydrogens (tertiary/aromatic N) is 2. The van der Waals surface area contributed by atoms with Gasteiger partial charge in [0.1, 0.15) is 17.5 Å². The molecule has 0 bridgehead atoms. The molecular weight excluding hydrogens is 404 g/mol. The van der Waals surface area contributed by atoms with Gasteiger partial charge in [-0.15, -0.1) is 0 Å². The van der Waals surface area contributed by atoms with Crippen LogP contribution in [0.4, 0.5) is 5.69 Å². The molecule has 0 aliphatic carbocycles. The van der Waals surface area contributed by atoms with E-state index in [0.717, 1.165) is 34.8 Å². The highest BCUT2D eigenvalue weighted by atomic mass is 35.5. The van der Waals surface area contributed by atoms with Crippen molar-refractivity contribution in [3.05, 3.63) is 46.2 Å². The molecule has 0 radical (unpaired) electrons. The van der Waals surface area contributed by atoms with E-state index in [1.54, 1.807) is 10.8 Å². The molecule has 1 aromatic carbocycles. The summed E-state index contributed by atoms with van der Waals surface area (Å²) in [4.78, 5) is 23.5. The Kier molecular flexibility index (Phi) is 7.15. The van der Waals surface area contributed by atoms with Crippen molar-refractivity contribution in [2.24, 2.45) is 5.92 Å². The van der Waals surface area contributed by atoms with E-state index in [1.807, 2.05) is 25.1 Å². The van der Waals surface area contributed by atoms with Gasteiger partial charge in [-0.05, 0) is 49.1 Å². The Bertz CT molecular complexity index is 966. The molecule has 0 fully saturated rings. The standard InChI is InChI=1S/C22H27ClN4O3/c1-14(2)13-27-22(23)18(15(3)26-27)6-9-20(28)24-10-11-30-17-5-7-19-16(12-17)4-8-21(29)25-19/h5-7,9,12,14H,4,8,10-11,13H2,1-3H3,(H,24,28)(H,25,29)/b9-6+. The number of hydrogen-bond acceptors (Lipinski definition) is 4. The number of aromatic nitrogens is 2. The van der Waals surface area contributed by atoms with Crippen molar-refractivity contribution in [3.8, 4) is 5.75 Å². The molecule has 2 amide bonds. The van der Waals surface area contributed by atoms with Crippen LogP contribution in [0.5, 0.6) is 5.75 Å². The van der Waals surface area contributed by atoms with Gasteiger partial charge in [0.05, 0.1) is 12.2 Å². The molecule has 2 N–H and O–H groups in total. The monoisotopic (exact) mass is 430 g/mol. The molecule has 1 aromatic heterocycles. The molecule has 0 atom stereocenters. The Morgan fingerprint density at radius 2 is 2.20 bits per heavy atom. The minimum absolute atomic E-state index is 0.0377. The van der Waals surface area contributed by atoms with Crippen LogP contribution in [0.2, 0.25) is 5.15 Å². The van der Waals surface area contributed by atoms with Crippen LogP contribution >= 0.6 is 11.6 Å². The lowest BCUT2D eigenvalue weighted by atomic mass is 10.0. The average molecular weight is 431 g/mol. The Balaban J connectivity index is 1.46. The highest BCUT2D eigenvalue weighted by Crippen LogP contribution is 2.26. The van der Waals surface area contributed by atoms with E-state index in [4.69, 9.17) is 16.3 Å². The summed E-state index contributed by atoms with van der Waals surface area (Å²) in [5, 5.41) is 10.6. The molecule has 0 saturated carbocycles. The summed E-state index contributed by atoms with van der Waals surface area (Å²) in [7, 11) is 0. The zero-order chi connectivity index (χ0) is 21.7. The largest absolute Gasteiger partial charge is 0.492 e. The summed E-state index contributed by atoms with van der Waals surface area (Å²) < 4.78 is 7.47. The van der Waals surface area contributed by atoms with Crippen LogP contribution in [-0.2, 0) is 22.6 Å². The van der Waals surface area contributed by atoms with Crippen LogP contribution in [0.1, 0.15) is 37.1 Å². The van der Waals surface area contributed by atoms with Gasteiger partial charge < -0.3 is 15.4 Å². The maximum atomic E-state index is 12.1. The molecule has 0 saturated heterocycles. The second-order valence-corrected chi connectivity index (χ2v) is 8.06. The maximum Gasteiger partial charge on any atom is 0.244 e. The van der Waals surface area contributed by atoms with Crippen molar-refractivity contribution in [2.45, 2.75) is 40.2 Å². The molecular formula is C22H27ClN4O3. The number of carbonyl (C=O) groups is 2. The van der Waals surface area contributed by atoms with E-state index in [9.17, 15) is 9.59 Å². The summed E-state index contributed by atoms with van der Waals surface area (Å²) in [6.45, 7) is 7.51. The fourth-order valence-corrected chi connectivity index (χ4v) is 3.54. The SMILES string of the molecule is Cc1nn(CC(C)C)c(Cl)c1/C=C/C(=O)NCCOc1ccc2c(c1)CCC(=O)N2. The number of nitrogens with one attached hydrogen (secondary N) is 2. The highest BCUT2D eigenvalue weighted by molar-refractivity contribution is 6.31. The summed E-state index contributed by atoms with van der Waals surface area (Å²) in [5.74, 6) is 0.958. The van der Waals surface area contributed by atoms with Crippen molar-refractivity contribution in [2.75, 3.05) is 18.5 Å². The Labute approximate surface area is 181 Å². The topological polar surface area (TPSA) is 85.2 Å². The normalized spacial score (nSPS) is 13.4. The molecule has 7 nitrogen and oxygen atoms in total. The number of amides is 2. The Morgan fingerprint density at radius 1 is 1.40 bits per heavy atom. The fourth-order valence-electron chi connectivity index (χ4n) is 3.23. The summed E-state index contributed by atoms with van der Waals surface area (Å²) in [6, 6.07) is 5.58. The lowest BCUT2D eigenvalue weighted by molar-refractivity contribution is -0.117. The van der Waals surface area contributed by atoms with Crippen molar-refractivity contribution in [3.63, 3.8) is 0 Å². The maximum absolute atomic E-state index is 12.1. The Morgan fingerprint density at radius 3 is 2.97 bits per heavy atom. The van der Waals surface area contributed by atoms with Gasteiger partial charge in [-0.1, -0.05) is 25.4 Å². The lowest BCUT2D eigenvalue weighted by Crippen LogP contribution is -2.26. The van der Waals surface area contributed by atoms with E-state index < -0.39 is 0 Å². The van der Waals surface area contributed by atoms with E-state index in [2.05, 4.69) is 29.6 Å². The number of anilines is 1. The van der Waals surface area contributed by atoms with Crippen LogP contribution < -0.4 is 15.4 Å². The number of halogens is 1. The first-order valence-electron chi connectivity index (χ1n) is 10.1. The molecule has 2 heterocycles. The smallest absolute Gasteiger partial charge is 0.244 e. The molecule has 1 aliphatic rings.